The molecule has 0 bridgehead atoms. The van der Waals surface area contributed by atoms with Crippen molar-refractivity contribution < 1.29 is 13.3 Å². The summed E-state index contributed by atoms with van der Waals surface area (Å²) in [6.45, 7) is 0.327. The van der Waals surface area contributed by atoms with Crippen LogP contribution < -0.4 is 9.60 Å². The van der Waals surface area contributed by atoms with Crippen molar-refractivity contribution in [3.05, 3.63) is 97.1 Å². The van der Waals surface area contributed by atoms with Gasteiger partial charge in [0.1, 0.15) is 0 Å². The molecule has 0 atom stereocenters. The van der Waals surface area contributed by atoms with Crippen molar-refractivity contribution in [1.29, 1.82) is 0 Å². The third-order valence-electron chi connectivity index (χ3n) is 4.51. The van der Waals surface area contributed by atoms with E-state index in [1.165, 1.54) is 30.3 Å². The van der Waals surface area contributed by atoms with Gasteiger partial charge < -0.3 is 0 Å². The molecule has 11 heteroatoms. The van der Waals surface area contributed by atoms with Gasteiger partial charge in [-0.05, 0) is 42.0 Å². The number of benzene rings is 3. The highest BCUT2D eigenvalue weighted by Crippen LogP contribution is 2.25. The number of nitrogens with zero attached hydrogens (tertiary/aromatic N) is 2. The van der Waals surface area contributed by atoms with E-state index in [1.807, 2.05) is 12.1 Å². The molecule has 1 heterocycles. The lowest BCUT2D eigenvalue weighted by atomic mass is 10.2. The number of nitrogens with one attached hydrogen (secondary N) is 1. The number of rotatable bonds is 6. The Morgan fingerprint density at radius 1 is 1.06 bits per heavy atom. The molecular formula is C20H14ClN3O5S2. The van der Waals surface area contributed by atoms with Gasteiger partial charge in [0.15, 0.2) is 0 Å². The molecule has 0 unspecified atom stereocenters. The molecular weight excluding hydrogens is 462 g/mol. The van der Waals surface area contributed by atoms with Crippen LogP contribution in [0.3, 0.4) is 0 Å². The van der Waals surface area contributed by atoms with E-state index in [2.05, 4.69) is 4.72 Å². The van der Waals surface area contributed by atoms with E-state index in [4.69, 9.17) is 11.6 Å². The molecule has 0 aliphatic rings. The monoisotopic (exact) mass is 475 g/mol. The Labute approximate surface area is 185 Å². The molecule has 158 valence electrons. The van der Waals surface area contributed by atoms with E-state index in [9.17, 15) is 23.3 Å². The van der Waals surface area contributed by atoms with E-state index in [1.54, 1.807) is 22.8 Å². The van der Waals surface area contributed by atoms with Gasteiger partial charge in [-0.25, -0.2) is 8.42 Å². The fourth-order valence-corrected chi connectivity index (χ4v) is 5.24. The minimum absolute atomic E-state index is 0.0496. The molecule has 0 fully saturated rings. The normalized spacial score (nSPS) is 11.5. The van der Waals surface area contributed by atoms with Crippen LogP contribution in [0.4, 0.5) is 11.4 Å². The van der Waals surface area contributed by atoms with Gasteiger partial charge in [0.2, 0.25) is 0 Å². The summed E-state index contributed by atoms with van der Waals surface area (Å²) in [5.41, 5.74) is 1.34. The molecule has 31 heavy (non-hydrogen) atoms. The quantitative estimate of drug-likeness (QED) is 0.326. The lowest BCUT2D eigenvalue weighted by Gasteiger charge is -2.09. The maximum atomic E-state index is 12.8. The predicted octanol–water partition coefficient (Wildman–Crippen LogP) is 4.47. The summed E-state index contributed by atoms with van der Waals surface area (Å²) in [5, 5.41) is 11.5. The van der Waals surface area contributed by atoms with E-state index < -0.39 is 14.9 Å². The fourth-order valence-electron chi connectivity index (χ4n) is 3.03. The molecule has 0 amide bonds. The van der Waals surface area contributed by atoms with Crippen LogP contribution in [0.1, 0.15) is 5.56 Å². The minimum Gasteiger partial charge on any atom is -0.294 e. The second kappa shape index (κ2) is 8.14. The van der Waals surface area contributed by atoms with Crippen molar-refractivity contribution in [1.82, 2.24) is 4.57 Å². The number of anilines is 1. The number of thiazole rings is 1. The van der Waals surface area contributed by atoms with Crippen molar-refractivity contribution in [3.8, 4) is 0 Å². The summed E-state index contributed by atoms with van der Waals surface area (Å²) < 4.78 is 29.9. The summed E-state index contributed by atoms with van der Waals surface area (Å²) in [6.07, 6.45) is 0. The molecule has 1 aromatic heterocycles. The number of non-ortho nitro benzene ring substituents is 1. The molecule has 0 spiro atoms. The molecule has 0 radical (unpaired) electrons. The van der Waals surface area contributed by atoms with Crippen molar-refractivity contribution in [3.63, 3.8) is 0 Å². The van der Waals surface area contributed by atoms with Gasteiger partial charge in [0.05, 0.1) is 32.3 Å². The van der Waals surface area contributed by atoms with Gasteiger partial charge >= 0.3 is 4.87 Å². The van der Waals surface area contributed by atoms with Gasteiger partial charge in [0, 0.05) is 17.2 Å². The SMILES string of the molecule is O=c1sc2cc(S(=O)(=O)Nc3cccc([N+](=O)[O-])c3)ccc2n1Cc1ccc(Cl)cc1. The Bertz CT molecular complexity index is 1460. The highest BCUT2D eigenvalue weighted by atomic mass is 35.5. The Hall–Kier alpha value is -3.21. The zero-order valence-corrected chi connectivity index (χ0v) is 18.1. The van der Waals surface area contributed by atoms with E-state index in [0.29, 0.717) is 21.8 Å². The van der Waals surface area contributed by atoms with E-state index in [0.717, 1.165) is 23.0 Å². The van der Waals surface area contributed by atoms with Crippen LogP contribution in [0.25, 0.3) is 10.2 Å². The number of hydrogen-bond acceptors (Lipinski definition) is 6. The second-order valence-electron chi connectivity index (χ2n) is 6.62. The molecule has 4 aromatic rings. The molecule has 0 aliphatic heterocycles. The van der Waals surface area contributed by atoms with E-state index in [-0.39, 0.29) is 21.1 Å². The lowest BCUT2D eigenvalue weighted by molar-refractivity contribution is -0.384. The van der Waals surface area contributed by atoms with Crippen molar-refractivity contribution in [2.24, 2.45) is 0 Å². The van der Waals surface area contributed by atoms with Crippen LogP contribution in [0.15, 0.2) is 76.4 Å². The Morgan fingerprint density at radius 3 is 2.52 bits per heavy atom. The third-order valence-corrected chi connectivity index (χ3v) is 7.09. The average Bonchev–Trinajstić information content (AvgIpc) is 3.04. The van der Waals surface area contributed by atoms with Gasteiger partial charge in [-0.15, -0.1) is 0 Å². The first-order valence-electron chi connectivity index (χ1n) is 8.88. The summed E-state index contributed by atoms with van der Waals surface area (Å²) in [7, 11) is -4.01. The third kappa shape index (κ3) is 4.46. The van der Waals surface area contributed by atoms with Crippen LogP contribution in [-0.4, -0.2) is 17.9 Å². The first-order chi connectivity index (χ1) is 14.7. The first-order valence-corrected chi connectivity index (χ1v) is 11.6. The van der Waals surface area contributed by atoms with Crippen molar-refractivity contribution >= 4 is 54.6 Å². The van der Waals surface area contributed by atoms with Gasteiger partial charge in [-0.3, -0.25) is 24.2 Å². The molecule has 1 N–H and O–H groups in total. The Morgan fingerprint density at radius 2 is 1.81 bits per heavy atom. The van der Waals surface area contributed by atoms with Crippen LogP contribution in [0.2, 0.25) is 5.02 Å². The highest BCUT2D eigenvalue weighted by Gasteiger charge is 2.18. The largest absolute Gasteiger partial charge is 0.308 e. The van der Waals surface area contributed by atoms with Crippen LogP contribution in [-0.2, 0) is 16.6 Å². The summed E-state index contributed by atoms with van der Waals surface area (Å²) >= 11 is 6.84. The maximum Gasteiger partial charge on any atom is 0.308 e. The molecule has 0 aliphatic carbocycles. The number of fused-ring (bicyclic) bond motifs is 1. The maximum absolute atomic E-state index is 12.8. The number of hydrogen-bond donors (Lipinski definition) is 1. The summed E-state index contributed by atoms with van der Waals surface area (Å²) in [5.74, 6) is 0. The van der Waals surface area contributed by atoms with Crippen molar-refractivity contribution in [2.45, 2.75) is 11.4 Å². The minimum atomic E-state index is -4.01. The standard InChI is InChI=1S/C20H14ClN3O5S2/c21-14-6-4-13(5-7-14)12-23-18-9-8-17(11-19(18)30-20(23)25)31(28,29)22-15-2-1-3-16(10-15)24(26)27/h1-11,22H,12H2. The number of aromatic nitrogens is 1. The summed E-state index contributed by atoms with van der Waals surface area (Å²) in [6, 6.07) is 16.7. The van der Waals surface area contributed by atoms with Crippen LogP contribution in [0, 0.1) is 10.1 Å². The second-order valence-corrected chi connectivity index (χ2v) is 9.74. The predicted molar refractivity (Wildman–Crippen MR) is 121 cm³/mol. The zero-order valence-electron chi connectivity index (χ0n) is 15.7. The number of sulfonamides is 1. The number of nitro benzene ring substituents is 1. The number of nitro groups is 1. The highest BCUT2D eigenvalue weighted by molar-refractivity contribution is 7.92. The smallest absolute Gasteiger partial charge is 0.294 e. The molecule has 0 saturated carbocycles. The molecule has 0 saturated heterocycles. The van der Waals surface area contributed by atoms with Crippen LogP contribution in [0.5, 0.6) is 0 Å². The summed E-state index contributed by atoms with van der Waals surface area (Å²) in [4.78, 5) is 22.5. The van der Waals surface area contributed by atoms with Crippen molar-refractivity contribution in [2.75, 3.05) is 4.72 Å². The fraction of sp³-hybridized carbons (Fsp3) is 0.0500. The number of halogens is 1. The first kappa shape index (κ1) is 21.0. The molecule has 8 nitrogen and oxygen atoms in total. The molecule has 4 rings (SSSR count). The van der Waals surface area contributed by atoms with Crippen LogP contribution >= 0.6 is 22.9 Å². The topological polar surface area (TPSA) is 111 Å². The molecule has 3 aromatic carbocycles. The Kier molecular flexibility index (Phi) is 5.52. The van der Waals surface area contributed by atoms with Gasteiger partial charge in [-0.2, -0.15) is 0 Å². The van der Waals surface area contributed by atoms with Gasteiger partial charge in [0.25, 0.3) is 15.7 Å². The lowest BCUT2D eigenvalue weighted by Crippen LogP contribution is -2.14. The Balaban J connectivity index is 1.66. The van der Waals surface area contributed by atoms with Gasteiger partial charge in [-0.1, -0.05) is 41.1 Å². The average molecular weight is 476 g/mol. The zero-order chi connectivity index (χ0) is 22.2. The van der Waals surface area contributed by atoms with E-state index >= 15 is 0 Å².